The van der Waals surface area contributed by atoms with Crippen LogP contribution in [0.2, 0.25) is 5.02 Å². The summed E-state index contributed by atoms with van der Waals surface area (Å²) in [6.07, 6.45) is 0. The number of anilines is 1. The molecule has 0 spiro atoms. The molecule has 1 aliphatic heterocycles. The van der Waals surface area contributed by atoms with Crippen LogP contribution in [0.5, 0.6) is 0 Å². The fourth-order valence-corrected chi connectivity index (χ4v) is 3.00. The molecule has 0 radical (unpaired) electrons. The zero-order chi connectivity index (χ0) is 18.9. The van der Waals surface area contributed by atoms with Gasteiger partial charge in [-0.3, -0.25) is 9.59 Å². The number of urea groups is 1. The minimum Gasteiger partial charge on any atom is -0.324 e. The second kappa shape index (κ2) is 6.80. The Labute approximate surface area is 156 Å². The largest absolute Gasteiger partial charge is 0.326 e. The number of carbonyl (C=O) groups excluding carboxylic acids is 3. The molecule has 2 aromatic carbocycles. The van der Waals surface area contributed by atoms with Gasteiger partial charge in [0.15, 0.2) is 0 Å². The Kier molecular flexibility index (Phi) is 4.70. The molecule has 134 valence electrons. The average molecular weight is 372 g/mol. The van der Waals surface area contributed by atoms with E-state index in [0.29, 0.717) is 16.3 Å². The lowest BCUT2D eigenvalue weighted by molar-refractivity contribution is -0.136. The Balaban J connectivity index is 1.80. The molecule has 1 saturated heterocycles. The number of nitrogens with one attached hydrogen (secondary N) is 2. The van der Waals surface area contributed by atoms with E-state index in [-0.39, 0.29) is 0 Å². The minimum absolute atomic E-state index is 0.465. The molecule has 0 aromatic heterocycles. The van der Waals surface area contributed by atoms with Crippen LogP contribution in [-0.4, -0.2) is 28.8 Å². The third-order valence-corrected chi connectivity index (χ3v) is 4.70. The van der Waals surface area contributed by atoms with Crippen LogP contribution in [-0.2, 0) is 15.1 Å². The maximum absolute atomic E-state index is 12.9. The van der Waals surface area contributed by atoms with Gasteiger partial charge in [-0.2, -0.15) is 0 Å². The molecular formula is C19H18ClN3O3. The second-order valence-corrected chi connectivity index (χ2v) is 6.70. The Morgan fingerprint density at radius 2 is 1.73 bits per heavy atom. The molecule has 2 N–H and O–H groups in total. The highest BCUT2D eigenvalue weighted by Gasteiger charge is 2.51. The highest BCUT2D eigenvalue weighted by molar-refractivity contribution is 6.30. The number of amides is 4. The Bertz CT molecular complexity index is 854. The second-order valence-electron chi connectivity index (χ2n) is 6.27. The van der Waals surface area contributed by atoms with Gasteiger partial charge in [0.1, 0.15) is 11.6 Å². The number of hydrogen-bond acceptors (Lipinski definition) is 3. The van der Waals surface area contributed by atoms with Gasteiger partial charge in [-0.1, -0.05) is 41.9 Å². The van der Waals surface area contributed by atoms with Gasteiger partial charge in [0.2, 0.25) is 5.91 Å². The zero-order valence-corrected chi connectivity index (χ0v) is 15.1. The first-order valence-electron chi connectivity index (χ1n) is 8.10. The van der Waals surface area contributed by atoms with Gasteiger partial charge in [-0.25, -0.2) is 9.69 Å². The molecule has 2 aromatic rings. The smallest absolute Gasteiger partial charge is 0.324 e. The predicted octanol–water partition coefficient (Wildman–Crippen LogP) is 3.13. The van der Waals surface area contributed by atoms with Crippen molar-refractivity contribution in [2.24, 2.45) is 0 Å². The highest BCUT2D eigenvalue weighted by Crippen LogP contribution is 2.30. The minimum atomic E-state index is -1.20. The van der Waals surface area contributed by atoms with Gasteiger partial charge in [0.25, 0.3) is 5.91 Å². The molecule has 26 heavy (non-hydrogen) atoms. The van der Waals surface area contributed by atoms with Gasteiger partial charge in [0, 0.05) is 10.7 Å². The molecular weight excluding hydrogens is 354 g/mol. The van der Waals surface area contributed by atoms with Crippen molar-refractivity contribution in [1.82, 2.24) is 10.2 Å². The number of carbonyl (C=O) groups is 3. The molecule has 0 bridgehead atoms. The van der Waals surface area contributed by atoms with E-state index >= 15 is 0 Å². The fraction of sp³-hybridized carbons (Fsp3) is 0.211. The Hall–Kier alpha value is -2.86. The first-order valence-corrected chi connectivity index (χ1v) is 8.48. The van der Waals surface area contributed by atoms with Crippen LogP contribution in [0.15, 0.2) is 54.6 Å². The quantitative estimate of drug-likeness (QED) is 0.810. The van der Waals surface area contributed by atoms with Crippen LogP contribution in [0.3, 0.4) is 0 Å². The topological polar surface area (TPSA) is 78.5 Å². The molecule has 1 heterocycles. The van der Waals surface area contributed by atoms with Crippen molar-refractivity contribution >= 4 is 35.1 Å². The highest BCUT2D eigenvalue weighted by atomic mass is 35.5. The molecule has 2 atom stereocenters. The first-order chi connectivity index (χ1) is 12.3. The van der Waals surface area contributed by atoms with Crippen molar-refractivity contribution in [2.45, 2.75) is 25.4 Å². The van der Waals surface area contributed by atoms with Gasteiger partial charge in [-0.15, -0.1) is 0 Å². The number of halogens is 1. The predicted molar refractivity (Wildman–Crippen MR) is 98.7 cm³/mol. The van der Waals surface area contributed by atoms with E-state index in [9.17, 15) is 14.4 Å². The summed E-state index contributed by atoms with van der Waals surface area (Å²) in [6.45, 7) is 3.14. The van der Waals surface area contributed by atoms with Crippen LogP contribution in [0.25, 0.3) is 0 Å². The van der Waals surface area contributed by atoms with Gasteiger partial charge in [-0.05, 0) is 43.7 Å². The van der Waals surface area contributed by atoms with Gasteiger partial charge in [0.05, 0.1) is 0 Å². The van der Waals surface area contributed by atoms with Crippen LogP contribution >= 0.6 is 11.6 Å². The number of benzene rings is 2. The average Bonchev–Trinajstić information content (AvgIpc) is 2.87. The Morgan fingerprint density at radius 3 is 2.35 bits per heavy atom. The van der Waals surface area contributed by atoms with Crippen molar-refractivity contribution in [1.29, 1.82) is 0 Å². The van der Waals surface area contributed by atoms with Gasteiger partial charge < -0.3 is 10.6 Å². The van der Waals surface area contributed by atoms with Crippen molar-refractivity contribution < 1.29 is 14.4 Å². The van der Waals surface area contributed by atoms with Crippen molar-refractivity contribution in [3.8, 4) is 0 Å². The summed E-state index contributed by atoms with van der Waals surface area (Å²) in [4.78, 5) is 38.8. The molecule has 4 amide bonds. The monoisotopic (exact) mass is 371 g/mol. The maximum atomic E-state index is 12.9. The number of hydrogen-bond donors (Lipinski definition) is 2. The van der Waals surface area contributed by atoms with Crippen molar-refractivity contribution in [3.63, 3.8) is 0 Å². The molecule has 6 nitrogen and oxygen atoms in total. The summed E-state index contributed by atoms with van der Waals surface area (Å²) < 4.78 is 0. The fourth-order valence-electron chi connectivity index (χ4n) is 2.88. The van der Waals surface area contributed by atoms with E-state index in [4.69, 9.17) is 11.6 Å². The zero-order valence-electron chi connectivity index (χ0n) is 14.3. The van der Waals surface area contributed by atoms with E-state index in [1.807, 2.05) is 6.07 Å². The van der Waals surface area contributed by atoms with E-state index in [2.05, 4.69) is 10.6 Å². The third-order valence-electron chi connectivity index (χ3n) is 4.45. The molecule has 0 saturated carbocycles. The van der Waals surface area contributed by atoms with E-state index in [1.54, 1.807) is 55.5 Å². The van der Waals surface area contributed by atoms with E-state index in [0.717, 1.165) is 4.90 Å². The molecule has 7 heteroatoms. The summed E-state index contributed by atoms with van der Waals surface area (Å²) in [7, 11) is 0. The molecule has 3 rings (SSSR count). The number of rotatable bonds is 4. The molecule has 0 unspecified atom stereocenters. The van der Waals surface area contributed by atoms with Crippen LogP contribution in [0.4, 0.5) is 10.5 Å². The third kappa shape index (κ3) is 3.15. The number of nitrogens with zero attached hydrogens (tertiary/aromatic N) is 1. The van der Waals surface area contributed by atoms with Crippen LogP contribution < -0.4 is 10.6 Å². The summed E-state index contributed by atoms with van der Waals surface area (Å²) in [5.41, 5.74) is -0.0112. The Morgan fingerprint density at radius 1 is 1.12 bits per heavy atom. The van der Waals surface area contributed by atoms with Crippen LogP contribution in [0.1, 0.15) is 19.4 Å². The van der Waals surface area contributed by atoms with Crippen LogP contribution in [0, 0.1) is 0 Å². The van der Waals surface area contributed by atoms with E-state index < -0.39 is 29.4 Å². The lowest BCUT2D eigenvalue weighted by Crippen LogP contribution is -2.47. The van der Waals surface area contributed by atoms with Crippen molar-refractivity contribution in [2.75, 3.05) is 5.32 Å². The summed E-state index contributed by atoms with van der Waals surface area (Å²) >= 11 is 5.82. The lowest BCUT2D eigenvalue weighted by Gasteiger charge is -2.24. The maximum Gasteiger partial charge on any atom is 0.326 e. The SMILES string of the molecule is C[C@H](C(=O)Nc1ccc(Cl)cc1)N1C(=O)N[C@](C)(c2ccccc2)C1=O. The van der Waals surface area contributed by atoms with Crippen molar-refractivity contribution in [3.05, 3.63) is 65.2 Å². The summed E-state index contributed by atoms with van der Waals surface area (Å²) in [6, 6.07) is 13.9. The molecule has 0 aliphatic carbocycles. The normalized spacial score (nSPS) is 20.7. The van der Waals surface area contributed by atoms with E-state index in [1.165, 1.54) is 6.92 Å². The lowest BCUT2D eigenvalue weighted by atomic mass is 9.92. The summed E-state index contributed by atoms with van der Waals surface area (Å²) in [5.74, 6) is -0.930. The molecule has 1 fully saturated rings. The molecule has 1 aliphatic rings. The standard InChI is InChI=1S/C19H18ClN3O3/c1-12(16(24)21-15-10-8-14(20)9-11-15)23-17(25)19(2,22-18(23)26)13-6-4-3-5-7-13/h3-12H,1-2H3,(H,21,24)(H,22,26)/t12-,19-/m1/s1. The number of imide groups is 1. The van der Waals surface area contributed by atoms with Gasteiger partial charge >= 0.3 is 6.03 Å². The summed E-state index contributed by atoms with van der Waals surface area (Å²) in [5, 5.41) is 5.92. The first kappa shape index (κ1) is 17.9.